The summed E-state index contributed by atoms with van der Waals surface area (Å²) in [4.78, 5) is 0. The van der Waals surface area contributed by atoms with Gasteiger partial charge in [0.2, 0.25) is 0 Å². The molecular formula is C22H23NO2. The minimum Gasteiger partial charge on any atom is -0.491 e. The predicted octanol–water partition coefficient (Wildman–Crippen LogP) is 5.06. The number of anilines is 1. The van der Waals surface area contributed by atoms with Gasteiger partial charge >= 0.3 is 0 Å². The first-order valence-electron chi connectivity index (χ1n) is 8.50. The third-order valence-electron chi connectivity index (χ3n) is 3.88. The molecule has 0 bridgehead atoms. The third kappa shape index (κ3) is 5.28. The molecular weight excluding hydrogens is 310 g/mol. The maximum absolute atomic E-state index is 5.79. The fourth-order valence-corrected chi connectivity index (χ4v) is 2.48. The van der Waals surface area contributed by atoms with Crippen LogP contribution in [0.3, 0.4) is 0 Å². The van der Waals surface area contributed by atoms with Crippen molar-refractivity contribution in [3.8, 4) is 11.5 Å². The summed E-state index contributed by atoms with van der Waals surface area (Å²) in [5, 5.41) is 3.35. The van der Waals surface area contributed by atoms with Gasteiger partial charge in [0.05, 0.1) is 0 Å². The van der Waals surface area contributed by atoms with Gasteiger partial charge in [0.1, 0.15) is 24.7 Å². The van der Waals surface area contributed by atoms with Crippen molar-refractivity contribution in [2.45, 2.75) is 13.5 Å². The first-order chi connectivity index (χ1) is 12.3. The van der Waals surface area contributed by atoms with Gasteiger partial charge in [-0.2, -0.15) is 0 Å². The molecule has 25 heavy (non-hydrogen) atoms. The van der Waals surface area contributed by atoms with Crippen LogP contribution in [0.4, 0.5) is 5.69 Å². The summed E-state index contributed by atoms with van der Waals surface area (Å²) in [6, 6.07) is 26.2. The first kappa shape index (κ1) is 16.9. The largest absolute Gasteiger partial charge is 0.491 e. The van der Waals surface area contributed by atoms with Gasteiger partial charge in [0, 0.05) is 12.2 Å². The Labute approximate surface area is 149 Å². The van der Waals surface area contributed by atoms with Crippen molar-refractivity contribution in [3.05, 3.63) is 90.0 Å². The summed E-state index contributed by atoms with van der Waals surface area (Å²) in [6.45, 7) is 4.00. The molecule has 0 atom stereocenters. The highest BCUT2D eigenvalue weighted by Crippen LogP contribution is 2.18. The van der Waals surface area contributed by atoms with Crippen LogP contribution in [-0.4, -0.2) is 13.2 Å². The lowest BCUT2D eigenvalue weighted by atomic mass is 10.2. The molecule has 3 heteroatoms. The van der Waals surface area contributed by atoms with E-state index in [0.29, 0.717) is 13.2 Å². The zero-order valence-electron chi connectivity index (χ0n) is 14.4. The highest BCUT2D eigenvalue weighted by molar-refractivity contribution is 5.46. The Kier molecular flexibility index (Phi) is 5.94. The lowest BCUT2D eigenvalue weighted by Gasteiger charge is -2.11. The van der Waals surface area contributed by atoms with Gasteiger partial charge in [-0.1, -0.05) is 48.5 Å². The molecule has 0 aliphatic carbocycles. The van der Waals surface area contributed by atoms with Crippen molar-refractivity contribution in [1.82, 2.24) is 0 Å². The van der Waals surface area contributed by atoms with E-state index in [2.05, 4.69) is 30.4 Å². The topological polar surface area (TPSA) is 30.5 Å². The van der Waals surface area contributed by atoms with E-state index < -0.39 is 0 Å². The average molecular weight is 333 g/mol. The van der Waals surface area contributed by atoms with E-state index in [1.807, 2.05) is 60.7 Å². The lowest BCUT2D eigenvalue weighted by molar-refractivity contribution is 0.306. The standard InChI is InChI=1S/C22H23NO2/c1-18-7-5-6-10-22(18)24-16-15-23-20-11-13-21(14-12-20)25-17-19-8-3-2-4-9-19/h2-14,23H,15-17H2,1H3. The van der Waals surface area contributed by atoms with Crippen molar-refractivity contribution in [1.29, 1.82) is 0 Å². The summed E-state index contributed by atoms with van der Waals surface area (Å²) in [6.07, 6.45) is 0. The van der Waals surface area contributed by atoms with Gasteiger partial charge in [-0.15, -0.1) is 0 Å². The predicted molar refractivity (Wildman–Crippen MR) is 102 cm³/mol. The molecule has 3 rings (SSSR count). The maximum atomic E-state index is 5.79. The number of ether oxygens (including phenoxy) is 2. The summed E-state index contributed by atoms with van der Waals surface area (Å²) < 4.78 is 11.6. The van der Waals surface area contributed by atoms with Crippen molar-refractivity contribution in [3.63, 3.8) is 0 Å². The smallest absolute Gasteiger partial charge is 0.122 e. The molecule has 0 saturated carbocycles. The number of aryl methyl sites for hydroxylation is 1. The molecule has 0 aliphatic rings. The fourth-order valence-electron chi connectivity index (χ4n) is 2.48. The number of hydrogen-bond acceptors (Lipinski definition) is 3. The molecule has 0 fully saturated rings. The molecule has 0 saturated heterocycles. The Morgan fingerprint density at radius 1 is 0.760 bits per heavy atom. The van der Waals surface area contributed by atoms with Crippen LogP contribution in [-0.2, 0) is 6.61 Å². The van der Waals surface area contributed by atoms with E-state index in [4.69, 9.17) is 9.47 Å². The molecule has 0 unspecified atom stereocenters. The van der Waals surface area contributed by atoms with Crippen LogP contribution in [0.5, 0.6) is 11.5 Å². The minimum atomic E-state index is 0.581. The molecule has 1 N–H and O–H groups in total. The van der Waals surface area contributed by atoms with Crippen LogP contribution in [0.25, 0.3) is 0 Å². The Hall–Kier alpha value is -2.94. The summed E-state index contributed by atoms with van der Waals surface area (Å²) in [7, 11) is 0. The van der Waals surface area contributed by atoms with Crippen LogP contribution in [0, 0.1) is 6.92 Å². The summed E-state index contributed by atoms with van der Waals surface area (Å²) >= 11 is 0. The summed E-state index contributed by atoms with van der Waals surface area (Å²) in [5.74, 6) is 1.81. The molecule has 0 aliphatic heterocycles. The SMILES string of the molecule is Cc1ccccc1OCCNc1ccc(OCc2ccccc2)cc1. The van der Waals surface area contributed by atoms with Gasteiger partial charge in [0.25, 0.3) is 0 Å². The molecule has 0 aromatic heterocycles. The molecule has 0 heterocycles. The Bertz CT molecular complexity index is 770. The maximum Gasteiger partial charge on any atom is 0.122 e. The second-order valence-corrected chi connectivity index (χ2v) is 5.84. The zero-order valence-corrected chi connectivity index (χ0v) is 14.4. The molecule has 0 radical (unpaired) electrons. The molecule has 3 aromatic rings. The second-order valence-electron chi connectivity index (χ2n) is 5.84. The molecule has 3 nitrogen and oxygen atoms in total. The summed E-state index contributed by atoms with van der Waals surface area (Å²) in [5.41, 5.74) is 3.38. The number of nitrogens with one attached hydrogen (secondary N) is 1. The monoisotopic (exact) mass is 333 g/mol. The molecule has 0 spiro atoms. The Morgan fingerprint density at radius 3 is 2.24 bits per heavy atom. The number of benzene rings is 3. The Morgan fingerprint density at radius 2 is 1.48 bits per heavy atom. The van der Waals surface area contributed by atoms with E-state index >= 15 is 0 Å². The van der Waals surface area contributed by atoms with E-state index in [1.165, 1.54) is 0 Å². The van der Waals surface area contributed by atoms with Crippen LogP contribution in [0.1, 0.15) is 11.1 Å². The molecule has 3 aromatic carbocycles. The first-order valence-corrected chi connectivity index (χ1v) is 8.50. The van der Waals surface area contributed by atoms with Crippen molar-refractivity contribution >= 4 is 5.69 Å². The highest BCUT2D eigenvalue weighted by atomic mass is 16.5. The van der Waals surface area contributed by atoms with Gasteiger partial charge in [-0.3, -0.25) is 0 Å². The normalized spacial score (nSPS) is 10.3. The average Bonchev–Trinajstić information content (AvgIpc) is 2.67. The van der Waals surface area contributed by atoms with Crippen molar-refractivity contribution < 1.29 is 9.47 Å². The van der Waals surface area contributed by atoms with Crippen molar-refractivity contribution in [2.75, 3.05) is 18.5 Å². The zero-order chi connectivity index (χ0) is 17.3. The van der Waals surface area contributed by atoms with E-state index in [9.17, 15) is 0 Å². The van der Waals surface area contributed by atoms with Crippen LogP contribution in [0.2, 0.25) is 0 Å². The number of para-hydroxylation sites is 1. The Balaban J connectivity index is 1.41. The van der Waals surface area contributed by atoms with E-state index in [-0.39, 0.29) is 0 Å². The fraction of sp³-hybridized carbons (Fsp3) is 0.182. The van der Waals surface area contributed by atoms with E-state index in [1.54, 1.807) is 0 Å². The third-order valence-corrected chi connectivity index (χ3v) is 3.88. The quantitative estimate of drug-likeness (QED) is 0.584. The van der Waals surface area contributed by atoms with Crippen LogP contribution >= 0.6 is 0 Å². The molecule has 128 valence electrons. The van der Waals surface area contributed by atoms with Gasteiger partial charge in [0.15, 0.2) is 0 Å². The van der Waals surface area contributed by atoms with Crippen LogP contribution in [0.15, 0.2) is 78.9 Å². The highest BCUT2D eigenvalue weighted by Gasteiger charge is 1.99. The van der Waals surface area contributed by atoms with Crippen LogP contribution < -0.4 is 14.8 Å². The van der Waals surface area contributed by atoms with Crippen molar-refractivity contribution in [2.24, 2.45) is 0 Å². The minimum absolute atomic E-state index is 0.581. The van der Waals surface area contributed by atoms with Gasteiger partial charge in [-0.25, -0.2) is 0 Å². The van der Waals surface area contributed by atoms with E-state index in [0.717, 1.165) is 34.9 Å². The number of hydrogen-bond donors (Lipinski definition) is 1. The van der Waals surface area contributed by atoms with Gasteiger partial charge in [-0.05, 0) is 48.4 Å². The lowest BCUT2D eigenvalue weighted by Crippen LogP contribution is -2.11. The molecule has 0 amide bonds. The second kappa shape index (κ2) is 8.78. The van der Waals surface area contributed by atoms with Gasteiger partial charge < -0.3 is 14.8 Å². The number of rotatable bonds is 8.